The second-order valence-electron chi connectivity index (χ2n) is 6.19. The van der Waals surface area contributed by atoms with Crippen LogP contribution in [0.4, 0.5) is 0 Å². The third-order valence-corrected chi connectivity index (χ3v) is 6.23. The van der Waals surface area contributed by atoms with E-state index in [1.807, 2.05) is 18.2 Å². The van der Waals surface area contributed by atoms with Crippen molar-refractivity contribution in [3.63, 3.8) is 0 Å². The van der Waals surface area contributed by atoms with Gasteiger partial charge in [-0.3, -0.25) is 9.59 Å². The van der Waals surface area contributed by atoms with Crippen LogP contribution in [0.1, 0.15) is 5.56 Å². The zero-order valence-electron chi connectivity index (χ0n) is 14.3. The quantitative estimate of drug-likeness (QED) is 0.763. The number of hydrogen-bond donors (Lipinski definition) is 0. The van der Waals surface area contributed by atoms with Crippen molar-refractivity contribution in [2.45, 2.75) is 12.3 Å². The number of benzene rings is 1. The zero-order chi connectivity index (χ0) is 18.6. The number of carbonyl (C=O) groups excluding carboxylic acids is 1. The summed E-state index contributed by atoms with van der Waals surface area (Å²) in [6.07, 6.45) is 1.57. The maximum absolute atomic E-state index is 12.5. The van der Waals surface area contributed by atoms with E-state index in [1.165, 1.54) is 14.9 Å². The van der Waals surface area contributed by atoms with Gasteiger partial charge in [0.05, 0.1) is 5.75 Å². The molecule has 1 saturated heterocycles. The van der Waals surface area contributed by atoms with Crippen LogP contribution in [0.25, 0.3) is 0 Å². The molecule has 0 bridgehead atoms. The van der Waals surface area contributed by atoms with E-state index in [4.69, 9.17) is 0 Å². The Labute approximate surface area is 152 Å². The molecule has 2 heterocycles. The summed E-state index contributed by atoms with van der Waals surface area (Å²) in [5.41, 5.74) is 0.513. The fraction of sp³-hybridized carbons (Fsp3) is 0.333. The molecule has 2 aromatic rings. The van der Waals surface area contributed by atoms with Gasteiger partial charge in [-0.25, -0.2) is 8.42 Å². The highest BCUT2D eigenvalue weighted by molar-refractivity contribution is 7.88. The Morgan fingerprint density at radius 1 is 0.923 bits per heavy atom. The summed E-state index contributed by atoms with van der Waals surface area (Å²) >= 11 is 0. The normalized spacial score (nSPS) is 15.8. The number of carbonyl (C=O) groups is 1. The van der Waals surface area contributed by atoms with Crippen LogP contribution in [-0.2, 0) is 27.1 Å². The molecular weight excluding hydrogens is 354 g/mol. The van der Waals surface area contributed by atoms with Crippen LogP contribution >= 0.6 is 0 Å². The molecule has 1 fully saturated rings. The molecule has 8 heteroatoms. The van der Waals surface area contributed by atoms with E-state index >= 15 is 0 Å². The fourth-order valence-corrected chi connectivity index (χ4v) is 4.44. The smallest absolute Gasteiger partial charge is 0.250 e. The Balaban J connectivity index is 1.57. The average Bonchev–Trinajstić information content (AvgIpc) is 2.64. The number of piperazine rings is 1. The number of sulfonamides is 1. The third kappa shape index (κ3) is 4.39. The number of pyridine rings is 1. The van der Waals surface area contributed by atoms with Gasteiger partial charge in [0.25, 0.3) is 5.56 Å². The van der Waals surface area contributed by atoms with Crippen molar-refractivity contribution in [3.8, 4) is 0 Å². The van der Waals surface area contributed by atoms with E-state index < -0.39 is 10.0 Å². The van der Waals surface area contributed by atoms with E-state index in [1.54, 1.807) is 35.4 Å². The first-order valence-corrected chi connectivity index (χ1v) is 10.0. The average molecular weight is 375 g/mol. The molecule has 1 aromatic heterocycles. The number of rotatable bonds is 5. The van der Waals surface area contributed by atoms with Crippen LogP contribution < -0.4 is 5.56 Å². The van der Waals surface area contributed by atoms with Gasteiger partial charge in [-0.2, -0.15) is 4.31 Å². The molecule has 0 N–H and O–H groups in total. The summed E-state index contributed by atoms with van der Waals surface area (Å²) in [7, 11) is -3.41. The Morgan fingerprint density at radius 2 is 1.58 bits per heavy atom. The molecule has 1 aliphatic heterocycles. The molecule has 1 amide bonds. The van der Waals surface area contributed by atoms with Gasteiger partial charge < -0.3 is 9.47 Å². The van der Waals surface area contributed by atoms with Gasteiger partial charge >= 0.3 is 0 Å². The number of amides is 1. The van der Waals surface area contributed by atoms with E-state index in [0.717, 1.165) is 5.56 Å². The Morgan fingerprint density at radius 3 is 2.23 bits per heavy atom. The van der Waals surface area contributed by atoms with Gasteiger partial charge in [0.1, 0.15) is 6.54 Å². The van der Waals surface area contributed by atoms with Crippen molar-refractivity contribution in [1.82, 2.24) is 13.8 Å². The summed E-state index contributed by atoms with van der Waals surface area (Å²) in [4.78, 5) is 25.7. The van der Waals surface area contributed by atoms with Crippen molar-refractivity contribution in [2.75, 3.05) is 26.2 Å². The number of aromatic nitrogens is 1. The van der Waals surface area contributed by atoms with Crippen molar-refractivity contribution >= 4 is 15.9 Å². The summed E-state index contributed by atoms with van der Waals surface area (Å²) in [6, 6.07) is 13.8. The number of hydrogen-bond acceptors (Lipinski definition) is 4. The minimum atomic E-state index is -3.41. The second kappa shape index (κ2) is 7.84. The van der Waals surface area contributed by atoms with Crippen molar-refractivity contribution in [2.24, 2.45) is 0 Å². The summed E-state index contributed by atoms with van der Waals surface area (Å²) < 4.78 is 27.9. The van der Waals surface area contributed by atoms with Crippen LogP contribution in [0.3, 0.4) is 0 Å². The monoisotopic (exact) mass is 375 g/mol. The van der Waals surface area contributed by atoms with Gasteiger partial charge in [-0.05, 0) is 11.6 Å². The first kappa shape index (κ1) is 18.3. The predicted octanol–water partition coefficient (Wildman–Crippen LogP) is 0.523. The topological polar surface area (TPSA) is 79.7 Å². The lowest BCUT2D eigenvalue weighted by Gasteiger charge is -2.34. The maximum atomic E-state index is 12.5. The Kier molecular flexibility index (Phi) is 5.53. The van der Waals surface area contributed by atoms with Gasteiger partial charge in [-0.15, -0.1) is 0 Å². The minimum absolute atomic E-state index is 0.0313. The molecule has 26 heavy (non-hydrogen) atoms. The molecular formula is C18H21N3O4S. The van der Waals surface area contributed by atoms with Crippen LogP contribution in [0.2, 0.25) is 0 Å². The molecule has 0 aliphatic carbocycles. The van der Waals surface area contributed by atoms with Gasteiger partial charge in [0, 0.05) is 38.4 Å². The summed E-state index contributed by atoms with van der Waals surface area (Å²) in [5, 5.41) is 0. The highest BCUT2D eigenvalue weighted by Crippen LogP contribution is 2.13. The molecule has 0 spiro atoms. The highest BCUT2D eigenvalue weighted by atomic mass is 32.2. The maximum Gasteiger partial charge on any atom is 0.250 e. The molecule has 1 aromatic carbocycles. The molecule has 138 valence electrons. The van der Waals surface area contributed by atoms with Crippen LogP contribution in [0.15, 0.2) is 59.5 Å². The van der Waals surface area contributed by atoms with E-state index in [2.05, 4.69) is 0 Å². The van der Waals surface area contributed by atoms with E-state index in [9.17, 15) is 18.0 Å². The highest BCUT2D eigenvalue weighted by Gasteiger charge is 2.28. The molecule has 1 aliphatic rings. The lowest BCUT2D eigenvalue weighted by atomic mass is 10.2. The standard InChI is InChI=1S/C18H21N3O4S/c22-17-8-4-5-9-20(17)14-18(23)19-10-12-21(13-11-19)26(24,25)15-16-6-2-1-3-7-16/h1-9H,10-15H2. The fourth-order valence-electron chi connectivity index (χ4n) is 2.93. The first-order chi connectivity index (χ1) is 12.5. The minimum Gasteiger partial charge on any atom is -0.339 e. The molecule has 0 radical (unpaired) electrons. The van der Waals surface area contributed by atoms with Crippen LogP contribution in [0.5, 0.6) is 0 Å². The third-order valence-electron chi connectivity index (χ3n) is 4.38. The Bertz CT molecular complexity index is 917. The zero-order valence-corrected chi connectivity index (χ0v) is 15.1. The molecule has 3 rings (SSSR count). The summed E-state index contributed by atoms with van der Waals surface area (Å²) in [5.74, 6) is -0.223. The molecule has 0 atom stereocenters. The molecule has 0 unspecified atom stereocenters. The van der Waals surface area contributed by atoms with Crippen LogP contribution in [-0.4, -0.2) is 54.3 Å². The lowest BCUT2D eigenvalue weighted by Crippen LogP contribution is -2.51. The lowest BCUT2D eigenvalue weighted by molar-refractivity contribution is -0.133. The van der Waals surface area contributed by atoms with Gasteiger partial charge in [0.2, 0.25) is 15.9 Å². The second-order valence-corrected chi connectivity index (χ2v) is 8.16. The van der Waals surface area contributed by atoms with E-state index in [-0.39, 0.29) is 36.9 Å². The van der Waals surface area contributed by atoms with Crippen LogP contribution in [0, 0.1) is 0 Å². The van der Waals surface area contributed by atoms with Crippen molar-refractivity contribution in [1.29, 1.82) is 0 Å². The van der Waals surface area contributed by atoms with E-state index in [0.29, 0.717) is 13.1 Å². The SMILES string of the molecule is O=C(Cn1ccccc1=O)N1CCN(S(=O)(=O)Cc2ccccc2)CC1. The van der Waals surface area contributed by atoms with Crippen molar-refractivity contribution in [3.05, 3.63) is 70.6 Å². The van der Waals surface area contributed by atoms with Crippen molar-refractivity contribution < 1.29 is 13.2 Å². The largest absolute Gasteiger partial charge is 0.339 e. The van der Waals surface area contributed by atoms with Gasteiger partial charge in [0.15, 0.2) is 0 Å². The Hall–Kier alpha value is -2.45. The molecule has 7 nitrogen and oxygen atoms in total. The first-order valence-electron chi connectivity index (χ1n) is 8.41. The predicted molar refractivity (Wildman–Crippen MR) is 97.9 cm³/mol. The molecule has 0 saturated carbocycles. The summed E-state index contributed by atoms with van der Waals surface area (Å²) in [6.45, 7) is 1.16. The number of nitrogens with zero attached hydrogens (tertiary/aromatic N) is 3. The van der Waals surface area contributed by atoms with Gasteiger partial charge in [-0.1, -0.05) is 36.4 Å².